The molecule has 0 fully saturated rings. The van der Waals surface area contributed by atoms with E-state index in [-0.39, 0.29) is 12.4 Å². The number of rotatable bonds is 4. The van der Waals surface area contributed by atoms with Gasteiger partial charge in [-0.25, -0.2) is 0 Å². The molecule has 0 aliphatic rings. The Hall–Kier alpha value is -0.720. The van der Waals surface area contributed by atoms with E-state index in [1.165, 1.54) is 0 Å². The normalized spacial score (nSPS) is 10.9. The monoisotopic (exact) mass is 177 g/mol. The van der Waals surface area contributed by atoms with Crippen LogP contribution in [0.15, 0.2) is 0 Å². The van der Waals surface area contributed by atoms with Crippen LogP contribution < -0.4 is 5.73 Å². The third kappa shape index (κ3) is 7.17. The van der Waals surface area contributed by atoms with E-state index in [2.05, 4.69) is 5.92 Å². The number of terminal acetylenes is 1. The van der Waals surface area contributed by atoms with Crippen LogP contribution in [0.5, 0.6) is 0 Å². The Morgan fingerprint density at radius 3 is 2.64 bits per heavy atom. The molecular formula is C7H12ClNO2. The van der Waals surface area contributed by atoms with E-state index in [1.807, 2.05) is 0 Å². The van der Waals surface area contributed by atoms with E-state index in [0.29, 0.717) is 19.3 Å². The Labute approximate surface area is 72.4 Å². The third-order valence-electron chi connectivity index (χ3n) is 1.15. The van der Waals surface area contributed by atoms with Crippen LogP contribution in [0.2, 0.25) is 0 Å². The maximum Gasteiger partial charge on any atom is 0.320 e. The minimum Gasteiger partial charge on any atom is -0.480 e. The summed E-state index contributed by atoms with van der Waals surface area (Å²) in [5.74, 6) is 1.45. The topological polar surface area (TPSA) is 63.3 Å². The number of hydrogen-bond acceptors (Lipinski definition) is 2. The van der Waals surface area contributed by atoms with E-state index in [1.54, 1.807) is 0 Å². The first-order valence-electron chi connectivity index (χ1n) is 3.10. The summed E-state index contributed by atoms with van der Waals surface area (Å²) in [6, 6.07) is -0.756. The van der Waals surface area contributed by atoms with Crippen LogP contribution in [0.25, 0.3) is 0 Å². The molecule has 0 saturated carbocycles. The number of carbonyl (C=O) groups is 1. The zero-order valence-electron chi connectivity index (χ0n) is 6.12. The van der Waals surface area contributed by atoms with Crippen LogP contribution in [-0.2, 0) is 4.79 Å². The summed E-state index contributed by atoms with van der Waals surface area (Å²) in [5.41, 5.74) is 5.19. The van der Waals surface area contributed by atoms with Gasteiger partial charge in [-0.15, -0.1) is 24.8 Å². The van der Waals surface area contributed by atoms with Crippen LogP contribution in [0.3, 0.4) is 0 Å². The largest absolute Gasteiger partial charge is 0.480 e. The van der Waals surface area contributed by atoms with E-state index in [4.69, 9.17) is 17.3 Å². The molecule has 0 spiro atoms. The summed E-state index contributed by atoms with van der Waals surface area (Å²) in [7, 11) is 0. The third-order valence-corrected chi connectivity index (χ3v) is 1.15. The van der Waals surface area contributed by atoms with Crippen molar-refractivity contribution >= 4 is 18.4 Å². The molecule has 0 amide bonds. The van der Waals surface area contributed by atoms with Gasteiger partial charge in [0.2, 0.25) is 0 Å². The van der Waals surface area contributed by atoms with Gasteiger partial charge in [0.05, 0.1) is 0 Å². The van der Waals surface area contributed by atoms with Gasteiger partial charge in [-0.05, 0) is 12.8 Å². The van der Waals surface area contributed by atoms with Crippen molar-refractivity contribution in [2.75, 3.05) is 0 Å². The Balaban J connectivity index is 0. The molecule has 64 valence electrons. The molecule has 0 aliphatic heterocycles. The Morgan fingerprint density at radius 1 is 1.73 bits per heavy atom. The fraction of sp³-hybridized carbons (Fsp3) is 0.571. The van der Waals surface area contributed by atoms with Crippen molar-refractivity contribution in [2.45, 2.75) is 25.3 Å². The van der Waals surface area contributed by atoms with Crippen molar-refractivity contribution in [3.63, 3.8) is 0 Å². The maximum absolute atomic E-state index is 10.1. The van der Waals surface area contributed by atoms with Crippen molar-refractivity contribution in [3.05, 3.63) is 0 Å². The lowest BCUT2D eigenvalue weighted by molar-refractivity contribution is -0.138. The molecule has 0 aromatic rings. The van der Waals surface area contributed by atoms with E-state index >= 15 is 0 Å². The Bertz CT molecular complexity index is 153. The van der Waals surface area contributed by atoms with Gasteiger partial charge in [-0.3, -0.25) is 4.79 Å². The second-order valence-corrected chi connectivity index (χ2v) is 2.04. The minimum absolute atomic E-state index is 0. The number of halogens is 1. The van der Waals surface area contributed by atoms with Crippen LogP contribution in [0.4, 0.5) is 0 Å². The smallest absolute Gasteiger partial charge is 0.320 e. The average molecular weight is 178 g/mol. The van der Waals surface area contributed by atoms with E-state index in [9.17, 15) is 4.79 Å². The highest BCUT2D eigenvalue weighted by Gasteiger charge is 2.09. The van der Waals surface area contributed by atoms with Gasteiger partial charge >= 0.3 is 5.97 Å². The molecule has 0 aliphatic carbocycles. The van der Waals surface area contributed by atoms with Crippen LogP contribution in [0, 0.1) is 12.3 Å². The van der Waals surface area contributed by atoms with Gasteiger partial charge in [0.25, 0.3) is 0 Å². The van der Waals surface area contributed by atoms with Gasteiger partial charge in [0, 0.05) is 6.42 Å². The first kappa shape index (κ1) is 12.9. The fourth-order valence-electron chi connectivity index (χ4n) is 0.548. The van der Waals surface area contributed by atoms with Crippen molar-refractivity contribution in [1.29, 1.82) is 0 Å². The SMILES string of the molecule is C#CCCC[C@@H](N)C(=O)O.Cl. The lowest BCUT2D eigenvalue weighted by Crippen LogP contribution is -2.29. The van der Waals surface area contributed by atoms with E-state index in [0.717, 1.165) is 0 Å². The molecule has 0 aromatic carbocycles. The second-order valence-electron chi connectivity index (χ2n) is 2.04. The summed E-state index contributed by atoms with van der Waals surface area (Å²) in [4.78, 5) is 10.1. The van der Waals surface area contributed by atoms with Crippen LogP contribution in [-0.4, -0.2) is 17.1 Å². The van der Waals surface area contributed by atoms with Gasteiger partial charge < -0.3 is 10.8 Å². The first-order chi connectivity index (χ1) is 4.68. The lowest BCUT2D eigenvalue weighted by atomic mass is 10.1. The molecule has 0 saturated heterocycles. The molecule has 3 nitrogen and oxygen atoms in total. The quantitative estimate of drug-likeness (QED) is 0.489. The molecule has 0 rings (SSSR count). The predicted molar refractivity (Wildman–Crippen MR) is 45.5 cm³/mol. The molecule has 0 bridgehead atoms. The Kier molecular flexibility index (Phi) is 8.67. The average Bonchev–Trinajstić information content (AvgIpc) is 1.88. The standard InChI is InChI=1S/C7H11NO2.ClH/c1-2-3-4-5-6(8)7(9)10;/h1,6H,3-5,8H2,(H,9,10);1H/t6-;/m1./s1. The van der Waals surface area contributed by atoms with Crippen molar-refractivity contribution in [3.8, 4) is 12.3 Å². The number of carboxylic acids is 1. The molecular weight excluding hydrogens is 166 g/mol. The summed E-state index contributed by atoms with van der Waals surface area (Å²) < 4.78 is 0. The lowest BCUT2D eigenvalue weighted by Gasteiger charge is -2.02. The Morgan fingerprint density at radius 2 is 2.27 bits per heavy atom. The van der Waals surface area contributed by atoms with Crippen LogP contribution in [0.1, 0.15) is 19.3 Å². The zero-order valence-corrected chi connectivity index (χ0v) is 6.93. The molecule has 0 radical (unpaired) electrons. The molecule has 3 N–H and O–H groups in total. The summed E-state index contributed by atoms with van der Waals surface area (Å²) in [6.07, 6.45) is 6.69. The van der Waals surface area contributed by atoms with Crippen molar-refractivity contribution in [2.24, 2.45) is 5.73 Å². The van der Waals surface area contributed by atoms with Gasteiger partial charge in [0.1, 0.15) is 6.04 Å². The maximum atomic E-state index is 10.1. The fourth-order valence-corrected chi connectivity index (χ4v) is 0.548. The highest BCUT2D eigenvalue weighted by atomic mass is 35.5. The summed E-state index contributed by atoms with van der Waals surface area (Å²) >= 11 is 0. The van der Waals surface area contributed by atoms with Gasteiger partial charge in [-0.2, -0.15) is 0 Å². The highest BCUT2D eigenvalue weighted by Crippen LogP contribution is 1.97. The summed E-state index contributed by atoms with van der Waals surface area (Å²) in [6.45, 7) is 0. The number of unbranched alkanes of at least 4 members (excludes halogenated alkanes) is 1. The highest BCUT2D eigenvalue weighted by molar-refractivity contribution is 5.85. The predicted octanol–water partition coefficient (Wildman–Crippen LogP) is 0.624. The second kappa shape index (κ2) is 7.39. The molecule has 0 unspecified atom stereocenters. The molecule has 0 aromatic heterocycles. The molecule has 4 heteroatoms. The summed E-state index contributed by atoms with van der Waals surface area (Å²) in [5, 5.41) is 8.30. The minimum atomic E-state index is -0.961. The number of carboxylic acid groups (broad SMARTS) is 1. The molecule has 1 atom stereocenters. The first-order valence-corrected chi connectivity index (χ1v) is 3.10. The van der Waals surface area contributed by atoms with E-state index < -0.39 is 12.0 Å². The zero-order chi connectivity index (χ0) is 7.98. The van der Waals surface area contributed by atoms with Gasteiger partial charge in [0.15, 0.2) is 0 Å². The van der Waals surface area contributed by atoms with Crippen LogP contribution >= 0.6 is 12.4 Å². The molecule has 0 heterocycles. The van der Waals surface area contributed by atoms with Gasteiger partial charge in [-0.1, -0.05) is 0 Å². The van der Waals surface area contributed by atoms with Crippen molar-refractivity contribution < 1.29 is 9.90 Å². The van der Waals surface area contributed by atoms with Crippen molar-refractivity contribution in [1.82, 2.24) is 0 Å². The number of nitrogens with two attached hydrogens (primary N) is 1. The number of hydrogen-bond donors (Lipinski definition) is 2. The number of aliphatic carboxylic acids is 1. The molecule has 11 heavy (non-hydrogen) atoms.